The van der Waals surface area contributed by atoms with Gasteiger partial charge in [0, 0.05) is 39.6 Å². The second-order valence-electron chi connectivity index (χ2n) is 7.43. The van der Waals surface area contributed by atoms with Crippen LogP contribution in [0.3, 0.4) is 0 Å². The van der Waals surface area contributed by atoms with Crippen molar-refractivity contribution in [2.24, 2.45) is 5.92 Å². The lowest BCUT2D eigenvalue weighted by Crippen LogP contribution is -2.48. The maximum absolute atomic E-state index is 12.5. The number of carbonyl (C=O) groups is 2. The smallest absolute Gasteiger partial charge is 0.317 e. The predicted octanol–water partition coefficient (Wildman–Crippen LogP) is 1.81. The molecule has 1 saturated heterocycles. The normalized spacial score (nSPS) is 16.1. The first-order valence-corrected chi connectivity index (χ1v) is 9.37. The van der Waals surface area contributed by atoms with Gasteiger partial charge >= 0.3 is 6.03 Å². The van der Waals surface area contributed by atoms with Gasteiger partial charge in [0.05, 0.1) is 13.2 Å². The van der Waals surface area contributed by atoms with E-state index >= 15 is 0 Å². The molecule has 150 valence electrons. The molecule has 1 aromatic rings. The van der Waals surface area contributed by atoms with Crippen LogP contribution in [0.4, 0.5) is 4.79 Å². The van der Waals surface area contributed by atoms with Gasteiger partial charge in [-0.2, -0.15) is 0 Å². The number of piperidine rings is 1. The van der Waals surface area contributed by atoms with Crippen LogP contribution < -0.4 is 10.1 Å². The molecule has 1 aromatic carbocycles. The van der Waals surface area contributed by atoms with E-state index in [1.165, 1.54) is 0 Å². The average Bonchev–Trinajstić information content (AvgIpc) is 2.67. The molecule has 0 aliphatic carbocycles. The quantitative estimate of drug-likeness (QED) is 0.822. The molecule has 0 aromatic heterocycles. The van der Waals surface area contributed by atoms with E-state index in [0.29, 0.717) is 19.6 Å². The summed E-state index contributed by atoms with van der Waals surface area (Å²) in [4.78, 5) is 30.1. The van der Waals surface area contributed by atoms with Crippen LogP contribution in [0.2, 0.25) is 0 Å². The van der Waals surface area contributed by atoms with Gasteiger partial charge in [-0.1, -0.05) is 12.1 Å². The summed E-state index contributed by atoms with van der Waals surface area (Å²) in [6, 6.07) is 7.92. The third-order valence-electron chi connectivity index (χ3n) is 5.14. The number of urea groups is 1. The van der Waals surface area contributed by atoms with Gasteiger partial charge in [-0.25, -0.2) is 4.79 Å². The third kappa shape index (κ3) is 5.60. The summed E-state index contributed by atoms with van der Waals surface area (Å²) < 4.78 is 5.21. The van der Waals surface area contributed by atoms with Crippen molar-refractivity contribution < 1.29 is 14.3 Å². The second-order valence-corrected chi connectivity index (χ2v) is 7.43. The number of nitrogens with zero attached hydrogens (tertiary/aromatic N) is 3. The predicted molar refractivity (Wildman–Crippen MR) is 106 cm³/mol. The number of amides is 3. The molecule has 2 rings (SSSR count). The van der Waals surface area contributed by atoms with Crippen molar-refractivity contribution in [3.8, 4) is 5.75 Å². The minimum absolute atomic E-state index is 0.0258. The molecule has 1 unspecified atom stereocenters. The van der Waals surface area contributed by atoms with Gasteiger partial charge in [0.25, 0.3) is 0 Å². The number of methoxy groups -OCH3 is 1. The summed E-state index contributed by atoms with van der Waals surface area (Å²) in [6.45, 7) is 1.76. The molecular formula is C20H32N4O3. The number of likely N-dealkylation sites (tertiary alicyclic amines) is 1. The Morgan fingerprint density at radius 1 is 1.15 bits per heavy atom. The third-order valence-corrected chi connectivity index (χ3v) is 5.14. The van der Waals surface area contributed by atoms with Gasteiger partial charge in [-0.05, 0) is 44.6 Å². The average molecular weight is 377 g/mol. The molecule has 1 aliphatic heterocycles. The van der Waals surface area contributed by atoms with Crippen LogP contribution in [0.5, 0.6) is 5.75 Å². The van der Waals surface area contributed by atoms with Gasteiger partial charge in [0.2, 0.25) is 5.91 Å². The highest BCUT2D eigenvalue weighted by molar-refractivity contribution is 5.79. The molecule has 1 heterocycles. The maximum Gasteiger partial charge on any atom is 0.317 e. The molecule has 7 nitrogen and oxygen atoms in total. The molecule has 0 spiro atoms. The van der Waals surface area contributed by atoms with E-state index in [1.807, 2.05) is 38.4 Å². The first-order valence-electron chi connectivity index (χ1n) is 9.37. The van der Waals surface area contributed by atoms with Crippen LogP contribution in [0.15, 0.2) is 24.3 Å². The van der Waals surface area contributed by atoms with Crippen molar-refractivity contribution in [1.29, 1.82) is 0 Å². The highest BCUT2D eigenvalue weighted by atomic mass is 16.5. The number of likely N-dealkylation sites (N-methyl/N-ethyl adjacent to an activating group) is 1. The molecule has 27 heavy (non-hydrogen) atoms. The fourth-order valence-electron chi connectivity index (χ4n) is 3.42. The second kappa shape index (κ2) is 9.60. The summed E-state index contributed by atoms with van der Waals surface area (Å²) in [6.07, 6.45) is 1.44. The van der Waals surface area contributed by atoms with Crippen molar-refractivity contribution >= 4 is 11.9 Å². The summed E-state index contributed by atoms with van der Waals surface area (Å²) >= 11 is 0. The fraction of sp³-hybridized carbons (Fsp3) is 0.600. The molecule has 0 bridgehead atoms. The number of benzene rings is 1. The van der Waals surface area contributed by atoms with Crippen LogP contribution in [0.25, 0.3) is 0 Å². The van der Waals surface area contributed by atoms with Crippen LogP contribution in [0.1, 0.15) is 24.4 Å². The monoisotopic (exact) mass is 376 g/mol. The van der Waals surface area contributed by atoms with Crippen molar-refractivity contribution in [2.45, 2.75) is 18.9 Å². The van der Waals surface area contributed by atoms with Crippen molar-refractivity contribution in [3.05, 3.63) is 29.8 Å². The summed E-state index contributed by atoms with van der Waals surface area (Å²) in [5, 5.41) is 3.05. The fourth-order valence-corrected chi connectivity index (χ4v) is 3.42. The van der Waals surface area contributed by atoms with E-state index in [1.54, 1.807) is 31.0 Å². The largest absolute Gasteiger partial charge is 0.497 e. The first kappa shape index (κ1) is 21.0. The van der Waals surface area contributed by atoms with Gasteiger partial charge in [0.1, 0.15) is 5.75 Å². The zero-order chi connectivity index (χ0) is 20.0. The van der Waals surface area contributed by atoms with Gasteiger partial charge < -0.3 is 24.8 Å². The number of nitrogens with one attached hydrogen (secondary N) is 1. The molecule has 1 N–H and O–H groups in total. The number of carbonyl (C=O) groups excluding carboxylic acids is 2. The molecular weight excluding hydrogens is 344 g/mol. The summed E-state index contributed by atoms with van der Waals surface area (Å²) in [7, 11) is 9.21. The van der Waals surface area contributed by atoms with Crippen molar-refractivity contribution in [2.75, 3.05) is 54.9 Å². The van der Waals surface area contributed by atoms with Crippen LogP contribution in [-0.2, 0) is 4.79 Å². The Hall–Kier alpha value is -2.28. The molecule has 0 saturated carbocycles. The lowest BCUT2D eigenvalue weighted by Gasteiger charge is -2.33. The molecule has 1 fully saturated rings. The Labute approximate surface area is 162 Å². The number of ether oxygens (including phenoxy) is 1. The Morgan fingerprint density at radius 2 is 1.74 bits per heavy atom. The topological polar surface area (TPSA) is 65.1 Å². The van der Waals surface area contributed by atoms with E-state index in [9.17, 15) is 9.59 Å². The minimum atomic E-state index is -0.0638. The Bertz CT molecular complexity index is 623. The zero-order valence-corrected chi connectivity index (χ0v) is 17.1. The molecule has 3 amide bonds. The summed E-state index contributed by atoms with van der Waals surface area (Å²) in [5.41, 5.74) is 1.12. The zero-order valence-electron chi connectivity index (χ0n) is 17.1. The number of rotatable bonds is 6. The molecule has 1 atom stereocenters. The van der Waals surface area contributed by atoms with Gasteiger partial charge in [-0.15, -0.1) is 0 Å². The SMILES string of the molecule is COc1ccc(C(CNC(=O)N2CCC(C(=O)N(C)C)CC2)N(C)C)cc1. The van der Waals surface area contributed by atoms with E-state index in [0.717, 1.165) is 24.2 Å². The molecule has 0 radical (unpaired) electrons. The van der Waals surface area contributed by atoms with Crippen LogP contribution >= 0.6 is 0 Å². The highest BCUT2D eigenvalue weighted by Crippen LogP contribution is 2.22. The van der Waals surface area contributed by atoms with Crippen molar-refractivity contribution in [3.63, 3.8) is 0 Å². The van der Waals surface area contributed by atoms with E-state index < -0.39 is 0 Å². The number of hydrogen-bond acceptors (Lipinski definition) is 4. The lowest BCUT2D eigenvalue weighted by molar-refractivity contribution is -0.134. The van der Waals surface area contributed by atoms with Crippen molar-refractivity contribution in [1.82, 2.24) is 20.0 Å². The van der Waals surface area contributed by atoms with E-state index in [2.05, 4.69) is 10.2 Å². The van der Waals surface area contributed by atoms with Gasteiger partial charge in [0.15, 0.2) is 0 Å². The Balaban J connectivity index is 1.88. The molecule has 7 heteroatoms. The lowest BCUT2D eigenvalue weighted by atomic mass is 9.96. The number of hydrogen-bond donors (Lipinski definition) is 1. The molecule has 1 aliphatic rings. The standard InChI is InChI=1S/C20H32N4O3/c1-22(2)18(15-6-8-17(27-5)9-7-15)14-21-20(26)24-12-10-16(11-13-24)19(25)23(3)4/h6-9,16,18H,10-14H2,1-5H3,(H,21,26). The Morgan fingerprint density at radius 3 is 2.22 bits per heavy atom. The minimum Gasteiger partial charge on any atom is -0.497 e. The first-order chi connectivity index (χ1) is 12.8. The summed E-state index contributed by atoms with van der Waals surface area (Å²) in [5.74, 6) is 0.996. The van der Waals surface area contributed by atoms with Crippen LogP contribution in [0, 0.1) is 5.92 Å². The maximum atomic E-state index is 12.5. The van der Waals surface area contributed by atoms with Crippen LogP contribution in [-0.4, -0.2) is 81.6 Å². The van der Waals surface area contributed by atoms with E-state index in [-0.39, 0.29) is 23.9 Å². The highest BCUT2D eigenvalue weighted by Gasteiger charge is 2.28. The Kier molecular flexibility index (Phi) is 7.47. The van der Waals surface area contributed by atoms with E-state index in [4.69, 9.17) is 4.74 Å². The van der Waals surface area contributed by atoms with Gasteiger partial charge in [-0.3, -0.25) is 4.79 Å².